The van der Waals surface area contributed by atoms with Crippen molar-refractivity contribution in [3.63, 3.8) is 0 Å². The highest BCUT2D eigenvalue weighted by molar-refractivity contribution is 6.29. The highest BCUT2D eigenvalue weighted by atomic mass is 35.5. The van der Waals surface area contributed by atoms with E-state index in [0.29, 0.717) is 10.5 Å². The molecule has 4 rings (SSSR count). The number of pyridine rings is 1. The Bertz CT molecular complexity index is 840. The van der Waals surface area contributed by atoms with Crippen LogP contribution in [0.4, 0.5) is 10.1 Å². The van der Waals surface area contributed by atoms with Gasteiger partial charge in [-0.25, -0.2) is 9.37 Å². The highest BCUT2D eigenvalue weighted by Gasteiger charge is 2.25. The van der Waals surface area contributed by atoms with Gasteiger partial charge in [0, 0.05) is 5.39 Å². The van der Waals surface area contributed by atoms with Crippen LogP contribution in [-0.2, 0) is 0 Å². The molecule has 3 nitrogen and oxygen atoms in total. The molecule has 0 saturated heterocycles. The maximum Gasteiger partial charge on any atom is 0.132 e. The molecule has 100 valence electrons. The molecule has 1 aromatic carbocycles. The zero-order chi connectivity index (χ0) is 13.9. The van der Waals surface area contributed by atoms with Crippen LogP contribution in [0.2, 0.25) is 5.15 Å². The van der Waals surface area contributed by atoms with E-state index in [2.05, 4.69) is 10.3 Å². The molecule has 0 bridgehead atoms. The van der Waals surface area contributed by atoms with E-state index in [-0.39, 0.29) is 12.0 Å². The number of nitrogens with one attached hydrogen (secondary N) is 1. The van der Waals surface area contributed by atoms with Gasteiger partial charge in [0.1, 0.15) is 22.8 Å². The van der Waals surface area contributed by atoms with Crippen molar-refractivity contribution < 1.29 is 4.39 Å². The van der Waals surface area contributed by atoms with E-state index in [1.807, 2.05) is 29.7 Å². The summed E-state index contributed by atoms with van der Waals surface area (Å²) >= 11 is 5.99. The van der Waals surface area contributed by atoms with Gasteiger partial charge in [0.25, 0.3) is 0 Å². The first-order chi connectivity index (χ1) is 9.65. The smallest absolute Gasteiger partial charge is 0.132 e. The van der Waals surface area contributed by atoms with Gasteiger partial charge in [0.2, 0.25) is 0 Å². The number of hydrogen-bond acceptors (Lipinski definition) is 2. The largest absolute Gasteiger partial charge is 0.363 e. The quantitative estimate of drug-likeness (QED) is 0.620. The summed E-state index contributed by atoms with van der Waals surface area (Å²) in [4.78, 5) is 4.37. The summed E-state index contributed by atoms with van der Waals surface area (Å²) in [6, 6.07) is 10.6. The predicted molar refractivity (Wildman–Crippen MR) is 78.5 cm³/mol. The van der Waals surface area contributed by atoms with E-state index >= 15 is 0 Å². The maximum absolute atomic E-state index is 14.0. The summed E-state index contributed by atoms with van der Waals surface area (Å²) in [6.45, 7) is 2.03. The molecule has 0 amide bonds. The maximum atomic E-state index is 14.0. The topological polar surface area (TPSA) is 29.9 Å². The lowest BCUT2D eigenvalue weighted by Gasteiger charge is -2.27. The van der Waals surface area contributed by atoms with Gasteiger partial charge in [-0.15, -0.1) is 0 Å². The monoisotopic (exact) mass is 287 g/mol. The number of rotatable bonds is 0. The third-order valence-electron chi connectivity index (χ3n) is 3.69. The fourth-order valence-corrected chi connectivity index (χ4v) is 3.00. The minimum absolute atomic E-state index is 0.0276. The molecule has 0 spiro atoms. The molecule has 0 fully saturated rings. The summed E-state index contributed by atoms with van der Waals surface area (Å²) in [7, 11) is 0. The molecule has 3 heterocycles. The van der Waals surface area contributed by atoms with Crippen LogP contribution < -0.4 is 5.32 Å². The van der Waals surface area contributed by atoms with Crippen LogP contribution in [0.3, 0.4) is 0 Å². The molecule has 5 heteroatoms. The second kappa shape index (κ2) is 3.96. The van der Waals surface area contributed by atoms with Crippen molar-refractivity contribution in [3.8, 4) is 11.4 Å². The summed E-state index contributed by atoms with van der Waals surface area (Å²) in [5.41, 5.74) is 3.41. The zero-order valence-electron chi connectivity index (χ0n) is 10.7. The Hall–Kier alpha value is -2.07. The summed E-state index contributed by atoms with van der Waals surface area (Å²) < 4.78 is 16.0. The van der Waals surface area contributed by atoms with Crippen molar-refractivity contribution >= 4 is 28.2 Å². The number of benzene rings is 1. The first-order valence-corrected chi connectivity index (χ1v) is 6.76. The number of anilines is 1. The Morgan fingerprint density at radius 1 is 1.30 bits per heavy atom. The fraction of sp³-hybridized carbons (Fsp3) is 0.133. The molecular formula is C15H11ClFN3. The first-order valence-electron chi connectivity index (χ1n) is 6.38. The molecule has 0 aliphatic carbocycles. The van der Waals surface area contributed by atoms with E-state index in [1.54, 1.807) is 12.1 Å². The van der Waals surface area contributed by atoms with Crippen LogP contribution in [0, 0.1) is 5.82 Å². The van der Waals surface area contributed by atoms with Crippen LogP contribution in [0.15, 0.2) is 36.4 Å². The second-order valence-electron chi connectivity index (χ2n) is 4.92. The van der Waals surface area contributed by atoms with E-state index in [4.69, 9.17) is 11.6 Å². The van der Waals surface area contributed by atoms with E-state index in [0.717, 1.165) is 22.6 Å². The van der Waals surface area contributed by atoms with Gasteiger partial charge in [0.15, 0.2) is 0 Å². The van der Waals surface area contributed by atoms with Gasteiger partial charge < -0.3 is 9.88 Å². The van der Waals surface area contributed by atoms with Crippen molar-refractivity contribution in [3.05, 3.63) is 47.4 Å². The number of hydrogen-bond donors (Lipinski definition) is 1. The lowest BCUT2D eigenvalue weighted by atomic mass is 10.2. The highest BCUT2D eigenvalue weighted by Crippen LogP contribution is 2.40. The first kappa shape index (κ1) is 11.7. The normalized spacial score (nSPS) is 16.6. The summed E-state index contributed by atoms with van der Waals surface area (Å²) in [5.74, 6) is -0.222. The second-order valence-corrected chi connectivity index (χ2v) is 5.31. The molecule has 0 radical (unpaired) electrons. The van der Waals surface area contributed by atoms with Crippen LogP contribution in [0.1, 0.15) is 13.1 Å². The Morgan fingerprint density at radius 2 is 2.15 bits per heavy atom. The molecule has 1 aliphatic rings. The molecule has 3 aromatic rings. The molecular weight excluding hydrogens is 277 g/mol. The molecule has 0 saturated carbocycles. The number of halogens is 2. The predicted octanol–water partition coefficient (Wildman–Crippen LogP) is 4.44. The van der Waals surface area contributed by atoms with Crippen molar-refractivity contribution in [2.24, 2.45) is 0 Å². The lowest BCUT2D eigenvalue weighted by molar-refractivity contribution is 0.627. The Kier molecular flexibility index (Phi) is 2.32. The third kappa shape index (κ3) is 1.48. The fourth-order valence-electron chi connectivity index (χ4n) is 2.85. The summed E-state index contributed by atoms with van der Waals surface area (Å²) in [6.07, 6.45) is 0.0276. The van der Waals surface area contributed by atoms with Gasteiger partial charge in [0.05, 0.1) is 16.9 Å². The van der Waals surface area contributed by atoms with Crippen LogP contribution in [0.25, 0.3) is 22.3 Å². The number of nitrogens with zero attached hydrogens (tertiary/aromatic N) is 2. The molecule has 2 aromatic heterocycles. The molecule has 20 heavy (non-hydrogen) atoms. The van der Waals surface area contributed by atoms with Gasteiger partial charge >= 0.3 is 0 Å². The Labute approximate surface area is 120 Å². The van der Waals surface area contributed by atoms with Crippen molar-refractivity contribution in [1.82, 2.24) is 9.55 Å². The molecule has 1 unspecified atom stereocenters. The average molecular weight is 288 g/mol. The lowest BCUT2D eigenvalue weighted by Crippen LogP contribution is -2.21. The Balaban J connectivity index is 2.12. The van der Waals surface area contributed by atoms with Crippen LogP contribution in [-0.4, -0.2) is 9.55 Å². The van der Waals surface area contributed by atoms with E-state index in [9.17, 15) is 4.39 Å². The van der Waals surface area contributed by atoms with Crippen molar-refractivity contribution in [1.29, 1.82) is 0 Å². The van der Waals surface area contributed by atoms with Gasteiger partial charge in [-0.2, -0.15) is 0 Å². The van der Waals surface area contributed by atoms with Gasteiger partial charge in [-0.3, -0.25) is 0 Å². The van der Waals surface area contributed by atoms with Crippen LogP contribution in [0.5, 0.6) is 0 Å². The number of aromatic nitrogens is 2. The van der Waals surface area contributed by atoms with Crippen molar-refractivity contribution in [2.45, 2.75) is 13.1 Å². The minimum atomic E-state index is -0.222. The van der Waals surface area contributed by atoms with Gasteiger partial charge in [-0.1, -0.05) is 17.7 Å². The third-order valence-corrected chi connectivity index (χ3v) is 3.90. The van der Waals surface area contributed by atoms with Gasteiger partial charge in [-0.05, 0) is 37.3 Å². The summed E-state index contributed by atoms with van der Waals surface area (Å²) in [5, 5.41) is 4.39. The van der Waals surface area contributed by atoms with Crippen LogP contribution >= 0.6 is 11.6 Å². The molecule has 1 aliphatic heterocycles. The van der Waals surface area contributed by atoms with Crippen molar-refractivity contribution in [2.75, 3.05) is 5.32 Å². The molecule has 1 atom stereocenters. The standard InChI is InChI=1S/C15H11ClFN3/c1-8-18-11-5-6-14(16)19-15(11)13-7-9-10(17)3-2-4-12(9)20(8)13/h2-8,18H,1H3. The zero-order valence-corrected chi connectivity index (χ0v) is 11.4. The SMILES string of the molecule is CC1Nc2ccc(Cl)nc2-c2cc3c(F)cccc3n21. The minimum Gasteiger partial charge on any atom is -0.363 e. The van der Waals surface area contributed by atoms with E-state index < -0.39 is 0 Å². The van der Waals surface area contributed by atoms with E-state index in [1.165, 1.54) is 6.07 Å². The Morgan fingerprint density at radius 3 is 3.00 bits per heavy atom. The number of fused-ring (bicyclic) bond motifs is 5. The molecule has 1 N–H and O–H groups in total. The average Bonchev–Trinajstić information content (AvgIpc) is 2.82.